The molecule has 7 rings (SSSR count). The fourth-order valence-corrected chi connectivity index (χ4v) is 7.14. The zero-order valence-corrected chi connectivity index (χ0v) is 22.2. The van der Waals surface area contributed by atoms with Crippen molar-refractivity contribution in [2.45, 2.75) is 28.7 Å². The second kappa shape index (κ2) is 9.59. The Labute approximate surface area is 230 Å². The van der Waals surface area contributed by atoms with E-state index in [1.165, 1.54) is 0 Å². The number of fused-ring (bicyclic) bond motifs is 5. The second-order valence-corrected chi connectivity index (χ2v) is 11.1. The Morgan fingerprint density at radius 2 is 1.87 bits per heavy atom. The summed E-state index contributed by atoms with van der Waals surface area (Å²) in [7, 11) is 1.76. The molecule has 0 radical (unpaired) electrons. The summed E-state index contributed by atoms with van der Waals surface area (Å²) in [6.45, 7) is 1.67. The summed E-state index contributed by atoms with van der Waals surface area (Å²) in [5.74, 6) is 0.779. The van der Waals surface area contributed by atoms with Gasteiger partial charge in [-0.1, -0.05) is 42.1 Å². The van der Waals surface area contributed by atoms with E-state index in [0.717, 1.165) is 79.2 Å². The van der Waals surface area contributed by atoms with E-state index >= 15 is 0 Å². The lowest BCUT2D eigenvalue weighted by Gasteiger charge is -2.30. The predicted molar refractivity (Wildman–Crippen MR) is 156 cm³/mol. The molecule has 0 saturated carbocycles. The Morgan fingerprint density at radius 1 is 1.05 bits per heavy atom. The second-order valence-electron chi connectivity index (χ2n) is 10.0. The molecular weight excluding hydrogens is 508 g/mol. The van der Waals surface area contributed by atoms with E-state index in [1.807, 2.05) is 30.3 Å². The Bertz CT molecular complexity index is 1710. The van der Waals surface area contributed by atoms with Gasteiger partial charge in [-0.15, -0.1) is 0 Å². The van der Waals surface area contributed by atoms with Gasteiger partial charge in [0, 0.05) is 52.4 Å². The van der Waals surface area contributed by atoms with Crippen LogP contribution >= 0.6 is 11.8 Å². The number of non-ortho nitro benzene ring substituents is 1. The van der Waals surface area contributed by atoms with Gasteiger partial charge in [0.05, 0.1) is 23.8 Å². The number of anilines is 1. The summed E-state index contributed by atoms with van der Waals surface area (Å²) in [5, 5.41) is 14.0. The summed E-state index contributed by atoms with van der Waals surface area (Å²) in [6.07, 6.45) is 5.95. The van der Waals surface area contributed by atoms with Crippen molar-refractivity contribution in [2.24, 2.45) is 0 Å². The van der Waals surface area contributed by atoms with Crippen LogP contribution in [0.5, 0.6) is 5.75 Å². The maximum Gasteiger partial charge on any atom is 0.270 e. The summed E-state index contributed by atoms with van der Waals surface area (Å²) in [6, 6.07) is 24.5. The maximum atomic E-state index is 11.8. The molecule has 39 heavy (non-hydrogen) atoms. The minimum absolute atomic E-state index is 0.0842. The molecule has 0 amide bonds. The van der Waals surface area contributed by atoms with Crippen LogP contribution < -0.4 is 9.64 Å². The van der Waals surface area contributed by atoms with E-state index in [4.69, 9.17) is 9.47 Å². The number of rotatable bonds is 4. The number of hydrogen-bond acceptors (Lipinski definition) is 6. The zero-order chi connectivity index (χ0) is 26.5. The lowest BCUT2D eigenvalue weighted by atomic mass is 9.85. The molecule has 4 aromatic rings. The molecule has 1 saturated heterocycles. The molecule has 3 heterocycles. The lowest BCUT2D eigenvalue weighted by Crippen LogP contribution is -2.32. The van der Waals surface area contributed by atoms with Gasteiger partial charge >= 0.3 is 0 Å². The summed E-state index contributed by atoms with van der Waals surface area (Å²) >= 11 is 1.66. The molecule has 0 unspecified atom stereocenters. The van der Waals surface area contributed by atoms with Crippen LogP contribution in [0.15, 0.2) is 94.9 Å². The van der Waals surface area contributed by atoms with E-state index in [-0.39, 0.29) is 10.6 Å². The van der Waals surface area contributed by atoms with Crippen molar-refractivity contribution < 1.29 is 14.4 Å². The monoisotopic (exact) mass is 534 g/mol. The van der Waals surface area contributed by atoms with Crippen molar-refractivity contribution in [3.05, 3.63) is 112 Å². The fraction of sp³-hybridized carbons (Fsp3) is 0.188. The Morgan fingerprint density at radius 3 is 2.72 bits per heavy atom. The van der Waals surface area contributed by atoms with Crippen LogP contribution in [-0.4, -0.2) is 31.2 Å². The number of allylic oxidation sites excluding steroid dienone is 2. The van der Waals surface area contributed by atoms with Crippen LogP contribution in [0.25, 0.3) is 21.9 Å². The smallest absolute Gasteiger partial charge is 0.270 e. The largest absolute Gasteiger partial charge is 0.464 e. The molecule has 1 fully saturated rings. The number of methoxy groups -OCH3 is 1. The molecule has 0 spiro atoms. The molecule has 0 bridgehead atoms. The predicted octanol–water partition coefficient (Wildman–Crippen LogP) is 7.69. The fourth-order valence-electron chi connectivity index (χ4n) is 6.09. The van der Waals surface area contributed by atoms with E-state index in [9.17, 15) is 10.1 Å². The first-order chi connectivity index (χ1) is 19.1. The van der Waals surface area contributed by atoms with Gasteiger partial charge in [0.25, 0.3) is 5.69 Å². The number of nitro groups is 1. The summed E-state index contributed by atoms with van der Waals surface area (Å²) in [4.78, 5) is 16.1. The van der Waals surface area contributed by atoms with Crippen molar-refractivity contribution in [3.8, 4) is 5.75 Å². The Balaban J connectivity index is 1.52. The zero-order valence-electron chi connectivity index (χ0n) is 21.4. The molecule has 3 aliphatic heterocycles. The molecule has 0 aromatic heterocycles. The topological polar surface area (TPSA) is 64.8 Å². The average Bonchev–Trinajstić information content (AvgIpc) is 3.43. The minimum Gasteiger partial charge on any atom is -0.464 e. The normalized spacial score (nSPS) is 19.4. The van der Waals surface area contributed by atoms with Crippen molar-refractivity contribution in [1.82, 2.24) is 0 Å². The number of ether oxygens (including phenoxy) is 2. The Kier molecular flexibility index (Phi) is 5.90. The highest BCUT2D eigenvalue weighted by molar-refractivity contribution is 7.99. The SMILES string of the molecule is COC[C@@H]1CCCN1c1ccc2c(c1)/C(=C1/C=COc3ccc4ccccc4c31)c1cc([N+](=O)[O-])ccc1S2. The van der Waals surface area contributed by atoms with Gasteiger partial charge in [0.15, 0.2) is 0 Å². The molecular formula is C32H26N2O4S. The third kappa shape index (κ3) is 4.01. The summed E-state index contributed by atoms with van der Waals surface area (Å²) < 4.78 is 11.5. The van der Waals surface area contributed by atoms with Gasteiger partial charge < -0.3 is 14.4 Å². The molecule has 7 heteroatoms. The van der Waals surface area contributed by atoms with Crippen LogP contribution in [0.2, 0.25) is 0 Å². The molecule has 0 N–H and O–H groups in total. The van der Waals surface area contributed by atoms with Gasteiger partial charge in [-0.3, -0.25) is 10.1 Å². The number of benzene rings is 4. The van der Waals surface area contributed by atoms with Crippen molar-refractivity contribution in [1.29, 1.82) is 0 Å². The molecule has 0 aliphatic carbocycles. The summed E-state index contributed by atoms with van der Waals surface area (Å²) in [5.41, 5.74) is 6.18. The van der Waals surface area contributed by atoms with Crippen LogP contribution in [0.1, 0.15) is 29.5 Å². The molecule has 6 nitrogen and oxygen atoms in total. The Hall–Kier alpha value is -4.07. The third-order valence-electron chi connectivity index (χ3n) is 7.82. The van der Waals surface area contributed by atoms with Gasteiger partial charge in [-0.2, -0.15) is 0 Å². The van der Waals surface area contributed by atoms with Crippen LogP contribution in [0.4, 0.5) is 11.4 Å². The van der Waals surface area contributed by atoms with Crippen LogP contribution in [-0.2, 0) is 4.74 Å². The molecule has 194 valence electrons. The average molecular weight is 535 g/mol. The molecule has 4 aromatic carbocycles. The van der Waals surface area contributed by atoms with Gasteiger partial charge in [0.2, 0.25) is 0 Å². The maximum absolute atomic E-state index is 11.8. The number of nitrogens with zero attached hydrogens (tertiary/aromatic N) is 2. The number of hydrogen-bond donors (Lipinski definition) is 0. The van der Waals surface area contributed by atoms with E-state index < -0.39 is 0 Å². The quantitative estimate of drug-likeness (QED) is 0.174. The number of nitro benzene ring substituents is 1. The third-order valence-corrected chi connectivity index (χ3v) is 8.97. The highest BCUT2D eigenvalue weighted by Gasteiger charge is 2.31. The van der Waals surface area contributed by atoms with E-state index in [0.29, 0.717) is 12.6 Å². The minimum atomic E-state index is -0.318. The highest BCUT2D eigenvalue weighted by atomic mass is 32.2. The van der Waals surface area contributed by atoms with Gasteiger partial charge in [-0.25, -0.2) is 0 Å². The van der Waals surface area contributed by atoms with Gasteiger partial charge in [-0.05, 0) is 76.7 Å². The molecule has 1 atom stereocenters. The van der Waals surface area contributed by atoms with E-state index in [1.54, 1.807) is 37.3 Å². The highest BCUT2D eigenvalue weighted by Crippen LogP contribution is 2.52. The first-order valence-corrected chi connectivity index (χ1v) is 13.9. The van der Waals surface area contributed by atoms with Gasteiger partial charge in [0.1, 0.15) is 5.75 Å². The standard InChI is InChI=1S/C32H26N2O4S/c1-37-19-23-6-4-15-33(23)21-9-12-29-26(17-21)31(27-18-22(34(35)36)10-13-30(27)39-29)25-14-16-38-28-11-8-20-5-2-3-7-24(20)32(25)28/h2-3,5,7-14,16-18,23H,4,6,15,19H2,1H3/b31-25+/t23-/m0/s1. The van der Waals surface area contributed by atoms with Crippen molar-refractivity contribution >= 4 is 45.1 Å². The van der Waals surface area contributed by atoms with Crippen LogP contribution in [0.3, 0.4) is 0 Å². The van der Waals surface area contributed by atoms with Crippen molar-refractivity contribution in [3.63, 3.8) is 0 Å². The molecule has 3 aliphatic rings. The first-order valence-electron chi connectivity index (χ1n) is 13.1. The van der Waals surface area contributed by atoms with Crippen LogP contribution in [0, 0.1) is 10.1 Å². The first kappa shape index (κ1) is 24.0. The lowest BCUT2D eigenvalue weighted by molar-refractivity contribution is -0.384. The van der Waals surface area contributed by atoms with E-state index in [2.05, 4.69) is 41.3 Å². The van der Waals surface area contributed by atoms with Crippen molar-refractivity contribution in [2.75, 3.05) is 25.2 Å².